The third-order valence-electron chi connectivity index (χ3n) is 3.26. The van der Waals surface area contributed by atoms with Gasteiger partial charge in [0.1, 0.15) is 0 Å². The number of Topliss-reactive ketones (excluding diaryl/α,β-unsaturated/α-hetero) is 1. The quantitative estimate of drug-likeness (QED) is 0.381. The molecule has 3 rings (SSSR count). The standard InChI is InChI=1S/C15H10ClN5O3S/c1-9(22)10-5-6-14(13(7-10)21(23)24)25-15-17-18-19-20(15)12-4-2-3-11(16)8-12/h2-8H,1H3. The van der Waals surface area contributed by atoms with Gasteiger partial charge in [0.15, 0.2) is 5.78 Å². The summed E-state index contributed by atoms with van der Waals surface area (Å²) in [6.45, 7) is 1.35. The number of hydrogen-bond donors (Lipinski definition) is 0. The van der Waals surface area contributed by atoms with Crippen LogP contribution in [0.3, 0.4) is 0 Å². The van der Waals surface area contributed by atoms with Gasteiger partial charge in [-0.25, -0.2) is 0 Å². The Balaban J connectivity index is 2.00. The second kappa shape index (κ2) is 6.99. The van der Waals surface area contributed by atoms with E-state index in [9.17, 15) is 14.9 Å². The molecular weight excluding hydrogens is 366 g/mol. The number of halogens is 1. The molecule has 0 spiro atoms. The van der Waals surface area contributed by atoms with E-state index < -0.39 is 4.92 Å². The van der Waals surface area contributed by atoms with E-state index in [0.717, 1.165) is 11.8 Å². The van der Waals surface area contributed by atoms with Crippen molar-refractivity contribution < 1.29 is 9.72 Å². The summed E-state index contributed by atoms with van der Waals surface area (Å²) in [6.07, 6.45) is 0. The molecule has 1 heterocycles. The average Bonchev–Trinajstić information content (AvgIpc) is 3.03. The Morgan fingerprint density at radius 2 is 2.08 bits per heavy atom. The van der Waals surface area contributed by atoms with Crippen molar-refractivity contribution in [3.63, 3.8) is 0 Å². The van der Waals surface area contributed by atoms with Gasteiger partial charge < -0.3 is 0 Å². The molecule has 0 fully saturated rings. The van der Waals surface area contributed by atoms with Crippen molar-refractivity contribution in [2.24, 2.45) is 0 Å². The number of carbonyl (C=O) groups is 1. The van der Waals surface area contributed by atoms with Gasteiger partial charge in [0.25, 0.3) is 5.69 Å². The maximum Gasteiger partial charge on any atom is 0.284 e. The van der Waals surface area contributed by atoms with Crippen LogP contribution in [0.2, 0.25) is 5.02 Å². The smallest absolute Gasteiger partial charge is 0.284 e. The lowest BCUT2D eigenvalue weighted by atomic mass is 10.1. The van der Waals surface area contributed by atoms with Crippen molar-refractivity contribution in [1.29, 1.82) is 0 Å². The van der Waals surface area contributed by atoms with Crippen LogP contribution in [0.25, 0.3) is 5.69 Å². The summed E-state index contributed by atoms with van der Waals surface area (Å²) in [4.78, 5) is 22.6. The second-order valence-corrected chi connectivity index (χ2v) is 6.40. The molecule has 0 bridgehead atoms. The molecule has 10 heteroatoms. The van der Waals surface area contributed by atoms with E-state index in [1.165, 1.54) is 29.8 Å². The van der Waals surface area contributed by atoms with Crippen LogP contribution >= 0.6 is 23.4 Å². The van der Waals surface area contributed by atoms with Gasteiger partial charge in [-0.05, 0) is 59.4 Å². The summed E-state index contributed by atoms with van der Waals surface area (Å²) < 4.78 is 1.43. The van der Waals surface area contributed by atoms with E-state index in [0.29, 0.717) is 20.8 Å². The Bertz CT molecular complexity index is 975. The third-order valence-corrected chi connectivity index (χ3v) is 4.49. The third kappa shape index (κ3) is 3.67. The Morgan fingerprint density at radius 1 is 1.28 bits per heavy atom. The first-order valence-electron chi connectivity index (χ1n) is 6.97. The lowest BCUT2D eigenvalue weighted by molar-refractivity contribution is -0.387. The number of ketones is 1. The molecule has 0 saturated heterocycles. The fourth-order valence-corrected chi connectivity index (χ4v) is 3.14. The van der Waals surface area contributed by atoms with Crippen molar-refractivity contribution in [1.82, 2.24) is 20.2 Å². The lowest BCUT2D eigenvalue weighted by Crippen LogP contribution is -2.00. The first-order chi connectivity index (χ1) is 12.0. The van der Waals surface area contributed by atoms with Crippen LogP contribution in [0.5, 0.6) is 0 Å². The zero-order valence-corrected chi connectivity index (χ0v) is 14.4. The van der Waals surface area contributed by atoms with Gasteiger partial charge in [-0.1, -0.05) is 17.7 Å². The molecular formula is C15H10ClN5O3S. The maximum absolute atomic E-state index is 11.4. The molecule has 1 aromatic heterocycles. The molecule has 0 saturated carbocycles. The largest absolute Gasteiger partial charge is 0.295 e. The maximum atomic E-state index is 11.4. The summed E-state index contributed by atoms with van der Waals surface area (Å²) in [5.41, 5.74) is 0.715. The number of nitro benzene ring substituents is 1. The summed E-state index contributed by atoms with van der Waals surface area (Å²) in [5, 5.41) is 23.6. The van der Waals surface area contributed by atoms with Crippen LogP contribution in [-0.4, -0.2) is 30.9 Å². The van der Waals surface area contributed by atoms with Crippen LogP contribution in [0.15, 0.2) is 52.5 Å². The number of tetrazole rings is 1. The molecule has 0 amide bonds. The molecule has 0 atom stereocenters. The van der Waals surface area contributed by atoms with E-state index in [4.69, 9.17) is 11.6 Å². The number of benzene rings is 2. The van der Waals surface area contributed by atoms with E-state index in [-0.39, 0.29) is 17.0 Å². The zero-order valence-electron chi connectivity index (χ0n) is 12.8. The fraction of sp³-hybridized carbons (Fsp3) is 0.0667. The van der Waals surface area contributed by atoms with Crippen molar-refractivity contribution in [2.45, 2.75) is 17.0 Å². The zero-order chi connectivity index (χ0) is 18.0. The highest BCUT2D eigenvalue weighted by molar-refractivity contribution is 7.99. The van der Waals surface area contributed by atoms with Gasteiger partial charge in [0.05, 0.1) is 15.5 Å². The van der Waals surface area contributed by atoms with E-state index in [1.54, 1.807) is 24.3 Å². The first kappa shape index (κ1) is 17.1. The summed E-state index contributed by atoms with van der Waals surface area (Å²) >= 11 is 7.01. The van der Waals surface area contributed by atoms with Crippen molar-refractivity contribution in [2.75, 3.05) is 0 Å². The molecule has 2 aromatic carbocycles. The number of nitrogens with zero attached hydrogens (tertiary/aromatic N) is 5. The molecule has 0 unspecified atom stereocenters. The highest BCUT2D eigenvalue weighted by Gasteiger charge is 2.20. The Hall–Kier alpha value is -2.78. The number of carbonyl (C=O) groups excluding carboxylic acids is 1. The van der Waals surface area contributed by atoms with Gasteiger partial charge in [0, 0.05) is 16.7 Å². The lowest BCUT2D eigenvalue weighted by Gasteiger charge is -2.06. The fourth-order valence-electron chi connectivity index (χ4n) is 2.08. The molecule has 0 aliphatic heterocycles. The molecule has 25 heavy (non-hydrogen) atoms. The van der Waals surface area contributed by atoms with Crippen molar-refractivity contribution in [3.05, 3.63) is 63.2 Å². The first-order valence-corrected chi connectivity index (χ1v) is 8.16. The minimum absolute atomic E-state index is 0.182. The molecule has 0 N–H and O–H groups in total. The number of hydrogen-bond acceptors (Lipinski definition) is 7. The van der Waals surface area contributed by atoms with Gasteiger partial charge in [-0.2, -0.15) is 4.68 Å². The van der Waals surface area contributed by atoms with Gasteiger partial charge in [0.2, 0.25) is 5.16 Å². The normalized spacial score (nSPS) is 10.6. The van der Waals surface area contributed by atoms with Crippen LogP contribution < -0.4 is 0 Å². The highest BCUT2D eigenvalue weighted by atomic mass is 35.5. The summed E-state index contributed by atoms with van der Waals surface area (Å²) in [5.74, 6) is -0.247. The molecule has 8 nitrogen and oxygen atoms in total. The monoisotopic (exact) mass is 375 g/mol. The van der Waals surface area contributed by atoms with E-state index in [2.05, 4.69) is 15.5 Å². The van der Waals surface area contributed by atoms with Crippen molar-refractivity contribution in [3.8, 4) is 5.69 Å². The van der Waals surface area contributed by atoms with Crippen LogP contribution in [0.1, 0.15) is 17.3 Å². The molecule has 0 aliphatic carbocycles. The number of aromatic nitrogens is 4. The van der Waals surface area contributed by atoms with Gasteiger partial charge >= 0.3 is 0 Å². The predicted molar refractivity (Wildman–Crippen MR) is 91.4 cm³/mol. The minimum Gasteiger partial charge on any atom is -0.295 e. The Morgan fingerprint density at radius 3 is 2.76 bits per heavy atom. The van der Waals surface area contributed by atoms with Gasteiger partial charge in [-0.3, -0.25) is 14.9 Å². The summed E-state index contributed by atoms with van der Waals surface area (Å²) in [6, 6.07) is 11.2. The average molecular weight is 376 g/mol. The highest BCUT2D eigenvalue weighted by Crippen LogP contribution is 2.35. The van der Waals surface area contributed by atoms with E-state index >= 15 is 0 Å². The molecule has 0 aliphatic rings. The molecule has 3 aromatic rings. The SMILES string of the molecule is CC(=O)c1ccc(Sc2nnnn2-c2cccc(Cl)c2)c([N+](=O)[O-])c1. The van der Waals surface area contributed by atoms with Crippen LogP contribution in [0, 0.1) is 10.1 Å². The van der Waals surface area contributed by atoms with Crippen LogP contribution in [0.4, 0.5) is 5.69 Å². The second-order valence-electron chi connectivity index (χ2n) is 4.95. The summed E-state index contributed by atoms with van der Waals surface area (Å²) in [7, 11) is 0. The number of nitro groups is 1. The minimum atomic E-state index is -0.539. The molecule has 0 radical (unpaired) electrons. The van der Waals surface area contributed by atoms with Crippen molar-refractivity contribution >= 4 is 34.8 Å². The van der Waals surface area contributed by atoms with Gasteiger partial charge in [-0.15, -0.1) is 5.10 Å². The number of rotatable bonds is 5. The predicted octanol–water partition coefficient (Wildman–Crippen LogP) is 3.58. The van der Waals surface area contributed by atoms with E-state index in [1.807, 2.05) is 0 Å². The topological polar surface area (TPSA) is 104 Å². The van der Waals surface area contributed by atoms with Crippen LogP contribution in [-0.2, 0) is 0 Å². The Labute approximate surface area is 150 Å². The molecule has 126 valence electrons. The Kier molecular flexibility index (Phi) is 4.77.